The van der Waals surface area contributed by atoms with E-state index in [0.29, 0.717) is 6.04 Å². The standard InChI is InChI=1S/C17H17Br2NO/c1-21-17-9-14(19)8-16(10-17)20-15-5-3-11-6-13(18)4-2-12(11)7-15/h2,4,6,8-10,15,20H,3,5,7H2,1H3. The Kier molecular flexibility index (Phi) is 4.55. The fourth-order valence-electron chi connectivity index (χ4n) is 2.85. The van der Waals surface area contributed by atoms with Gasteiger partial charge in [-0.25, -0.2) is 0 Å². The first-order valence-electron chi connectivity index (χ1n) is 7.02. The maximum Gasteiger partial charge on any atom is 0.122 e. The van der Waals surface area contributed by atoms with E-state index < -0.39 is 0 Å². The second kappa shape index (κ2) is 6.41. The highest BCUT2D eigenvalue weighted by atomic mass is 79.9. The Bertz CT molecular complexity index is 657. The number of fused-ring (bicyclic) bond motifs is 1. The molecule has 1 unspecified atom stereocenters. The molecule has 0 radical (unpaired) electrons. The molecule has 0 aliphatic heterocycles. The van der Waals surface area contributed by atoms with E-state index in [9.17, 15) is 0 Å². The molecule has 0 spiro atoms. The molecule has 1 N–H and O–H groups in total. The van der Waals surface area contributed by atoms with Crippen molar-refractivity contribution in [1.82, 2.24) is 0 Å². The average molecular weight is 411 g/mol. The predicted octanol–water partition coefficient (Wildman–Crippen LogP) is 5.19. The summed E-state index contributed by atoms with van der Waals surface area (Å²) < 4.78 is 7.52. The Hall–Kier alpha value is -1.00. The third-order valence-corrected chi connectivity index (χ3v) is 4.83. The summed E-state index contributed by atoms with van der Waals surface area (Å²) in [6.07, 6.45) is 3.34. The summed E-state index contributed by atoms with van der Waals surface area (Å²) >= 11 is 7.08. The van der Waals surface area contributed by atoms with Crippen LogP contribution >= 0.6 is 31.9 Å². The van der Waals surface area contributed by atoms with Gasteiger partial charge >= 0.3 is 0 Å². The third kappa shape index (κ3) is 3.61. The van der Waals surface area contributed by atoms with Gasteiger partial charge in [0, 0.05) is 26.7 Å². The van der Waals surface area contributed by atoms with Gasteiger partial charge in [-0.3, -0.25) is 0 Å². The molecular formula is C17H17Br2NO. The van der Waals surface area contributed by atoms with Crippen LogP contribution in [0.15, 0.2) is 45.3 Å². The van der Waals surface area contributed by atoms with Gasteiger partial charge in [-0.05, 0) is 54.7 Å². The molecule has 0 bridgehead atoms. The predicted molar refractivity (Wildman–Crippen MR) is 94.3 cm³/mol. The van der Waals surface area contributed by atoms with Gasteiger partial charge in [0.15, 0.2) is 0 Å². The summed E-state index contributed by atoms with van der Waals surface area (Å²) in [5.41, 5.74) is 4.02. The number of nitrogens with one attached hydrogen (secondary N) is 1. The zero-order valence-corrected chi connectivity index (χ0v) is 15.0. The van der Waals surface area contributed by atoms with Gasteiger partial charge in [0.2, 0.25) is 0 Å². The van der Waals surface area contributed by atoms with Crippen LogP contribution in [0.1, 0.15) is 17.5 Å². The van der Waals surface area contributed by atoms with Crippen LogP contribution in [0.5, 0.6) is 5.75 Å². The van der Waals surface area contributed by atoms with Gasteiger partial charge in [-0.15, -0.1) is 0 Å². The van der Waals surface area contributed by atoms with Gasteiger partial charge < -0.3 is 10.1 Å². The lowest BCUT2D eigenvalue weighted by Crippen LogP contribution is -2.27. The first kappa shape index (κ1) is 14.9. The molecular weight excluding hydrogens is 394 g/mol. The largest absolute Gasteiger partial charge is 0.497 e. The van der Waals surface area contributed by atoms with Crippen LogP contribution in [0.4, 0.5) is 5.69 Å². The molecule has 1 aliphatic rings. The fourth-order valence-corrected chi connectivity index (χ4v) is 3.73. The zero-order valence-electron chi connectivity index (χ0n) is 11.8. The van der Waals surface area contributed by atoms with E-state index in [1.54, 1.807) is 7.11 Å². The second-order valence-electron chi connectivity index (χ2n) is 5.38. The smallest absolute Gasteiger partial charge is 0.122 e. The minimum atomic E-state index is 0.470. The summed E-state index contributed by atoms with van der Waals surface area (Å²) in [6.45, 7) is 0. The lowest BCUT2D eigenvalue weighted by molar-refractivity contribution is 0.414. The molecule has 0 fully saturated rings. The summed E-state index contributed by atoms with van der Waals surface area (Å²) in [5.74, 6) is 0.868. The Balaban J connectivity index is 1.75. The summed E-state index contributed by atoms with van der Waals surface area (Å²) in [4.78, 5) is 0. The zero-order chi connectivity index (χ0) is 14.8. The molecule has 1 atom stereocenters. The van der Waals surface area contributed by atoms with Crippen LogP contribution in [-0.2, 0) is 12.8 Å². The maximum atomic E-state index is 5.32. The number of ether oxygens (including phenoxy) is 1. The highest BCUT2D eigenvalue weighted by Crippen LogP contribution is 2.29. The van der Waals surface area contributed by atoms with E-state index in [2.05, 4.69) is 61.4 Å². The number of hydrogen-bond donors (Lipinski definition) is 1. The summed E-state index contributed by atoms with van der Waals surface area (Å²) in [7, 11) is 1.69. The van der Waals surface area contributed by atoms with Crippen molar-refractivity contribution in [2.24, 2.45) is 0 Å². The van der Waals surface area contributed by atoms with Crippen molar-refractivity contribution in [3.8, 4) is 5.75 Å². The lowest BCUT2D eigenvalue weighted by Gasteiger charge is -2.26. The molecule has 2 aromatic carbocycles. The highest BCUT2D eigenvalue weighted by Gasteiger charge is 2.18. The van der Waals surface area contributed by atoms with Gasteiger partial charge in [0.25, 0.3) is 0 Å². The summed E-state index contributed by atoms with van der Waals surface area (Å²) in [5, 5.41) is 3.63. The Morgan fingerprint density at radius 3 is 2.71 bits per heavy atom. The minimum absolute atomic E-state index is 0.470. The molecule has 0 heterocycles. The second-order valence-corrected chi connectivity index (χ2v) is 7.21. The molecule has 0 saturated heterocycles. The summed E-state index contributed by atoms with van der Waals surface area (Å²) in [6, 6.07) is 13.2. The number of hydrogen-bond acceptors (Lipinski definition) is 2. The van der Waals surface area contributed by atoms with E-state index >= 15 is 0 Å². The molecule has 3 rings (SSSR count). The fraction of sp³-hybridized carbons (Fsp3) is 0.294. The molecule has 110 valence electrons. The molecule has 2 aromatic rings. The van der Waals surface area contributed by atoms with Crippen molar-refractivity contribution in [3.63, 3.8) is 0 Å². The van der Waals surface area contributed by atoms with Gasteiger partial charge in [0.05, 0.1) is 7.11 Å². The average Bonchev–Trinajstić information content (AvgIpc) is 2.47. The van der Waals surface area contributed by atoms with E-state index in [-0.39, 0.29) is 0 Å². The number of anilines is 1. The van der Waals surface area contributed by atoms with E-state index in [1.807, 2.05) is 12.1 Å². The van der Waals surface area contributed by atoms with Gasteiger partial charge in [0.1, 0.15) is 5.75 Å². The third-order valence-electron chi connectivity index (χ3n) is 3.87. The molecule has 21 heavy (non-hydrogen) atoms. The number of benzene rings is 2. The van der Waals surface area contributed by atoms with Crippen LogP contribution in [0.25, 0.3) is 0 Å². The van der Waals surface area contributed by atoms with Crippen molar-refractivity contribution in [2.45, 2.75) is 25.3 Å². The van der Waals surface area contributed by atoms with Crippen molar-refractivity contribution < 1.29 is 4.74 Å². The monoisotopic (exact) mass is 409 g/mol. The minimum Gasteiger partial charge on any atom is -0.497 e. The van der Waals surface area contributed by atoms with Crippen molar-refractivity contribution >= 4 is 37.5 Å². The van der Waals surface area contributed by atoms with Crippen LogP contribution in [0.2, 0.25) is 0 Å². The van der Waals surface area contributed by atoms with Crippen LogP contribution in [-0.4, -0.2) is 13.2 Å². The highest BCUT2D eigenvalue weighted by molar-refractivity contribution is 9.10. The normalized spacial score (nSPS) is 17.2. The Morgan fingerprint density at radius 1 is 1.05 bits per heavy atom. The number of rotatable bonds is 3. The Labute approximate surface area is 142 Å². The molecule has 4 heteroatoms. The maximum absolute atomic E-state index is 5.32. The Morgan fingerprint density at radius 2 is 1.90 bits per heavy atom. The number of halogens is 2. The van der Waals surface area contributed by atoms with E-state index in [4.69, 9.17) is 4.74 Å². The lowest BCUT2D eigenvalue weighted by atomic mass is 9.88. The van der Waals surface area contributed by atoms with Crippen LogP contribution in [0, 0.1) is 0 Å². The van der Waals surface area contributed by atoms with Crippen molar-refractivity contribution in [3.05, 3.63) is 56.5 Å². The number of aryl methyl sites for hydroxylation is 1. The quantitative estimate of drug-likeness (QED) is 0.751. The molecule has 2 nitrogen and oxygen atoms in total. The number of methoxy groups -OCH3 is 1. The van der Waals surface area contributed by atoms with Crippen molar-refractivity contribution in [1.29, 1.82) is 0 Å². The molecule has 0 aromatic heterocycles. The first-order valence-corrected chi connectivity index (χ1v) is 8.61. The molecule has 0 amide bonds. The van der Waals surface area contributed by atoms with E-state index in [1.165, 1.54) is 15.6 Å². The van der Waals surface area contributed by atoms with Crippen LogP contribution in [0.3, 0.4) is 0 Å². The van der Waals surface area contributed by atoms with E-state index in [0.717, 1.165) is 35.2 Å². The van der Waals surface area contributed by atoms with Crippen molar-refractivity contribution in [2.75, 3.05) is 12.4 Å². The van der Waals surface area contributed by atoms with Gasteiger partial charge in [-0.2, -0.15) is 0 Å². The SMILES string of the molecule is COc1cc(Br)cc(NC2CCc3cc(Br)ccc3C2)c1. The first-order chi connectivity index (χ1) is 10.1. The topological polar surface area (TPSA) is 21.3 Å². The van der Waals surface area contributed by atoms with Crippen LogP contribution < -0.4 is 10.1 Å². The molecule has 1 aliphatic carbocycles. The molecule has 0 saturated carbocycles. The van der Waals surface area contributed by atoms with Gasteiger partial charge in [-0.1, -0.05) is 37.9 Å².